The molecule has 104 valence electrons. The average Bonchev–Trinajstić information content (AvgIpc) is 2.95. The van der Waals surface area contributed by atoms with Gasteiger partial charge in [0.05, 0.1) is 7.11 Å². The van der Waals surface area contributed by atoms with Crippen LogP contribution >= 0.6 is 0 Å². The van der Waals surface area contributed by atoms with Crippen LogP contribution in [0.2, 0.25) is 0 Å². The van der Waals surface area contributed by atoms with Crippen LogP contribution in [0, 0.1) is 5.92 Å². The topological polar surface area (TPSA) is 64.1 Å². The van der Waals surface area contributed by atoms with Crippen LogP contribution < -0.4 is 10.1 Å². The fourth-order valence-electron chi connectivity index (χ4n) is 2.80. The molecule has 2 atom stereocenters. The monoisotopic (exact) mass is 271 g/mol. The number of anilines is 1. The van der Waals surface area contributed by atoms with Crippen LogP contribution in [0.5, 0.6) is 5.75 Å². The minimum atomic E-state index is 0.176. The van der Waals surface area contributed by atoms with E-state index in [0.29, 0.717) is 6.04 Å². The van der Waals surface area contributed by atoms with Crippen LogP contribution in [0.25, 0.3) is 10.9 Å². The molecule has 1 heterocycles. The zero-order chi connectivity index (χ0) is 13.9. The van der Waals surface area contributed by atoms with Crippen LogP contribution in [0.4, 0.5) is 5.82 Å². The van der Waals surface area contributed by atoms with E-state index < -0.39 is 0 Å². The van der Waals surface area contributed by atoms with E-state index in [2.05, 4.69) is 15.3 Å². The molecule has 1 aliphatic rings. The maximum atomic E-state index is 10.8. The van der Waals surface area contributed by atoms with E-state index in [4.69, 9.17) is 4.74 Å². The van der Waals surface area contributed by atoms with Crippen LogP contribution in [0.1, 0.15) is 19.3 Å². The quantitative estimate of drug-likeness (QED) is 0.865. The van der Waals surface area contributed by atoms with E-state index in [1.807, 2.05) is 18.2 Å². The zero-order valence-electron chi connectivity index (χ0n) is 11.4. The van der Waals surface area contributed by atoms with Gasteiger partial charge in [0, 0.05) is 17.3 Å². The molecule has 3 rings (SSSR count). The first kappa shape index (κ1) is 12.8. The van der Waals surface area contributed by atoms with Crippen molar-refractivity contribution >= 4 is 23.0 Å². The van der Waals surface area contributed by atoms with Gasteiger partial charge >= 0.3 is 0 Å². The standard InChI is InChI=1S/C15H17N3O2/c1-20-13-4-2-3-12-14(13)16-9-17-15(12)18-11-6-5-10(7-11)8-19/h2-4,8-11H,5-7H2,1H3,(H,16,17,18). The molecule has 0 radical (unpaired) electrons. The van der Waals surface area contributed by atoms with Gasteiger partial charge in [-0.2, -0.15) is 0 Å². The van der Waals surface area contributed by atoms with Gasteiger partial charge in [-0.3, -0.25) is 0 Å². The van der Waals surface area contributed by atoms with Gasteiger partial charge in [-0.05, 0) is 31.4 Å². The molecule has 1 aromatic carbocycles. The molecule has 2 unspecified atom stereocenters. The minimum Gasteiger partial charge on any atom is -0.494 e. The summed E-state index contributed by atoms with van der Waals surface area (Å²) in [6.07, 6.45) is 5.42. The molecule has 1 aromatic heterocycles. The Morgan fingerprint density at radius 1 is 1.35 bits per heavy atom. The average molecular weight is 271 g/mol. The number of nitrogens with zero attached hydrogens (tertiary/aromatic N) is 2. The van der Waals surface area contributed by atoms with E-state index in [-0.39, 0.29) is 5.92 Å². The maximum absolute atomic E-state index is 10.8. The first-order chi connectivity index (χ1) is 9.81. The number of aldehydes is 1. The van der Waals surface area contributed by atoms with Crippen LogP contribution in [0.15, 0.2) is 24.5 Å². The molecule has 0 amide bonds. The van der Waals surface area contributed by atoms with Gasteiger partial charge in [0.2, 0.25) is 0 Å². The second-order valence-electron chi connectivity index (χ2n) is 5.13. The Morgan fingerprint density at radius 2 is 2.25 bits per heavy atom. The first-order valence-electron chi connectivity index (χ1n) is 6.81. The number of carbonyl (C=O) groups excluding carboxylic acids is 1. The number of fused-ring (bicyclic) bond motifs is 1. The van der Waals surface area contributed by atoms with Gasteiger partial charge < -0.3 is 14.8 Å². The van der Waals surface area contributed by atoms with Crippen LogP contribution in [0.3, 0.4) is 0 Å². The molecule has 5 nitrogen and oxygen atoms in total. The molecule has 1 aliphatic carbocycles. The van der Waals surface area contributed by atoms with Crippen molar-refractivity contribution in [3.05, 3.63) is 24.5 Å². The molecule has 1 fully saturated rings. The number of para-hydroxylation sites is 1. The fourth-order valence-corrected chi connectivity index (χ4v) is 2.80. The number of nitrogens with one attached hydrogen (secondary N) is 1. The summed E-state index contributed by atoms with van der Waals surface area (Å²) in [4.78, 5) is 19.4. The number of benzene rings is 1. The fraction of sp³-hybridized carbons (Fsp3) is 0.400. The van der Waals surface area contributed by atoms with Crippen molar-refractivity contribution < 1.29 is 9.53 Å². The third kappa shape index (κ3) is 2.31. The summed E-state index contributed by atoms with van der Waals surface area (Å²) < 4.78 is 5.32. The Bertz CT molecular complexity index is 630. The van der Waals surface area contributed by atoms with E-state index in [0.717, 1.165) is 48.0 Å². The molecular weight excluding hydrogens is 254 g/mol. The van der Waals surface area contributed by atoms with Gasteiger partial charge in [-0.1, -0.05) is 6.07 Å². The van der Waals surface area contributed by atoms with Crippen molar-refractivity contribution in [1.29, 1.82) is 0 Å². The second-order valence-corrected chi connectivity index (χ2v) is 5.13. The molecule has 1 saturated carbocycles. The van der Waals surface area contributed by atoms with E-state index in [9.17, 15) is 4.79 Å². The second kappa shape index (κ2) is 5.45. The van der Waals surface area contributed by atoms with Gasteiger partial charge in [-0.25, -0.2) is 9.97 Å². The van der Waals surface area contributed by atoms with Crippen LogP contribution in [-0.4, -0.2) is 29.4 Å². The normalized spacial score (nSPS) is 21.9. The number of ether oxygens (including phenoxy) is 1. The van der Waals surface area contributed by atoms with Crippen molar-refractivity contribution in [2.75, 3.05) is 12.4 Å². The molecule has 0 bridgehead atoms. The van der Waals surface area contributed by atoms with Crippen molar-refractivity contribution in [3.8, 4) is 5.75 Å². The molecule has 2 aromatic rings. The lowest BCUT2D eigenvalue weighted by Gasteiger charge is -2.15. The number of aromatic nitrogens is 2. The predicted molar refractivity (Wildman–Crippen MR) is 76.9 cm³/mol. The predicted octanol–water partition coefficient (Wildman–Crippen LogP) is 2.42. The maximum Gasteiger partial charge on any atom is 0.145 e. The van der Waals surface area contributed by atoms with Gasteiger partial charge in [0.15, 0.2) is 0 Å². The Morgan fingerprint density at radius 3 is 3.00 bits per heavy atom. The number of carbonyl (C=O) groups is 1. The Balaban J connectivity index is 1.90. The lowest BCUT2D eigenvalue weighted by atomic mass is 10.1. The summed E-state index contributed by atoms with van der Waals surface area (Å²) in [5, 5.41) is 4.38. The highest BCUT2D eigenvalue weighted by atomic mass is 16.5. The number of methoxy groups -OCH3 is 1. The molecule has 0 spiro atoms. The van der Waals surface area contributed by atoms with Crippen molar-refractivity contribution in [2.24, 2.45) is 5.92 Å². The summed E-state index contributed by atoms with van der Waals surface area (Å²) in [7, 11) is 1.63. The molecule has 1 N–H and O–H groups in total. The van der Waals surface area contributed by atoms with Crippen LogP contribution in [-0.2, 0) is 4.79 Å². The number of hydrogen-bond acceptors (Lipinski definition) is 5. The molecule has 20 heavy (non-hydrogen) atoms. The van der Waals surface area contributed by atoms with Crippen molar-refractivity contribution in [1.82, 2.24) is 9.97 Å². The SMILES string of the molecule is COc1cccc2c(NC3CCC(C=O)C3)ncnc12. The molecule has 0 aliphatic heterocycles. The van der Waals surface area contributed by atoms with E-state index >= 15 is 0 Å². The minimum absolute atomic E-state index is 0.176. The highest BCUT2D eigenvalue weighted by Crippen LogP contribution is 2.30. The summed E-state index contributed by atoms with van der Waals surface area (Å²) >= 11 is 0. The summed E-state index contributed by atoms with van der Waals surface area (Å²) in [6, 6.07) is 6.09. The highest BCUT2D eigenvalue weighted by molar-refractivity contribution is 5.92. The molecular formula is C15H17N3O2. The lowest BCUT2D eigenvalue weighted by molar-refractivity contribution is -0.110. The first-order valence-corrected chi connectivity index (χ1v) is 6.81. The number of rotatable bonds is 4. The van der Waals surface area contributed by atoms with Gasteiger partial charge in [0.1, 0.15) is 29.7 Å². The number of hydrogen-bond donors (Lipinski definition) is 1. The lowest BCUT2D eigenvalue weighted by Crippen LogP contribution is -2.17. The summed E-state index contributed by atoms with van der Waals surface area (Å²) in [5.74, 6) is 1.73. The Hall–Kier alpha value is -2.17. The summed E-state index contributed by atoms with van der Waals surface area (Å²) in [6.45, 7) is 0. The van der Waals surface area contributed by atoms with Gasteiger partial charge in [0.25, 0.3) is 0 Å². The van der Waals surface area contributed by atoms with E-state index in [1.165, 1.54) is 0 Å². The Kier molecular flexibility index (Phi) is 3.50. The zero-order valence-corrected chi connectivity index (χ0v) is 11.4. The van der Waals surface area contributed by atoms with Crippen molar-refractivity contribution in [2.45, 2.75) is 25.3 Å². The smallest absolute Gasteiger partial charge is 0.145 e. The highest BCUT2D eigenvalue weighted by Gasteiger charge is 2.24. The third-order valence-electron chi connectivity index (χ3n) is 3.85. The molecule has 0 saturated heterocycles. The Labute approximate surface area is 117 Å². The third-order valence-corrected chi connectivity index (χ3v) is 3.85. The molecule has 5 heteroatoms. The van der Waals surface area contributed by atoms with Gasteiger partial charge in [-0.15, -0.1) is 0 Å². The van der Waals surface area contributed by atoms with Crippen molar-refractivity contribution in [3.63, 3.8) is 0 Å². The largest absolute Gasteiger partial charge is 0.494 e. The summed E-state index contributed by atoms with van der Waals surface area (Å²) in [5.41, 5.74) is 0.803. The van der Waals surface area contributed by atoms with E-state index in [1.54, 1.807) is 13.4 Å².